The molecule has 1 atom stereocenters. The molecule has 2 aromatic heterocycles. The number of rotatable bonds is 6. The smallest absolute Gasteiger partial charge is 0.232 e. The number of hydrogen-bond acceptors (Lipinski definition) is 5. The fourth-order valence-corrected chi connectivity index (χ4v) is 3.79. The van der Waals surface area contributed by atoms with Crippen LogP contribution in [-0.4, -0.2) is 40.6 Å². The van der Waals surface area contributed by atoms with E-state index in [9.17, 15) is 4.79 Å². The third-order valence-electron chi connectivity index (χ3n) is 3.73. The van der Waals surface area contributed by atoms with E-state index in [1.165, 1.54) is 11.3 Å². The maximum atomic E-state index is 12.9. The number of hydrogen-bond donors (Lipinski definition) is 2. The van der Waals surface area contributed by atoms with Gasteiger partial charge in [0.15, 0.2) is 5.15 Å². The number of thiazole rings is 1. The summed E-state index contributed by atoms with van der Waals surface area (Å²) in [5, 5.41) is 12.1. The predicted octanol–water partition coefficient (Wildman–Crippen LogP) is 3.85. The topological polar surface area (TPSA) is 94.3 Å². The van der Waals surface area contributed by atoms with E-state index >= 15 is 0 Å². The Bertz CT molecular complexity index is 836. The van der Waals surface area contributed by atoms with Crippen molar-refractivity contribution in [2.24, 2.45) is 10.9 Å². The van der Waals surface area contributed by atoms with E-state index in [1.54, 1.807) is 31.1 Å². The van der Waals surface area contributed by atoms with E-state index in [0.717, 1.165) is 10.6 Å². The first-order valence-corrected chi connectivity index (χ1v) is 9.75. The lowest BCUT2D eigenvalue weighted by atomic mass is 10.1. The second-order valence-corrected chi connectivity index (χ2v) is 7.34. The molecule has 7 nitrogen and oxygen atoms in total. The van der Waals surface area contributed by atoms with Crippen molar-refractivity contribution in [3.05, 3.63) is 29.7 Å². The molecule has 2 N–H and O–H groups in total. The molecule has 0 bridgehead atoms. The largest absolute Gasteiger partial charge is 0.373 e. The van der Waals surface area contributed by atoms with Gasteiger partial charge in [-0.2, -0.15) is 0 Å². The van der Waals surface area contributed by atoms with Crippen LogP contribution in [0.4, 0.5) is 5.00 Å². The zero-order valence-corrected chi connectivity index (χ0v) is 17.4. The summed E-state index contributed by atoms with van der Waals surface area (Å²) in [6, 6.07) is 3.74. The van der Waals surface area contributed by atoms with Crippen molar-refractivity contribution in [3.8, 4) is 10.6 Å². The number of nitrogens with zero attached hydrogens (tertiary/aromatic N) is 4. The molecule has 0 saturated heterocycles. The van der Waals surface area contributed by atoms with Gasteiger partial charge in [0.1, 0.15) is 21.7 Å². The van der Waals surface area contributed by atoms with E-state index in [1.807, 2.05) is 26.0 Å². The van der Waals surface area contributed by atoms with E-state index < -0.39 is 0 Å². The van der Waals surface area contributed by atoms with Crippen molar-refractivity contribution in [1.29, 1.82) is 5.41 Å². The summed E-state index contributed by atoms with van der Waals surface area (Å²) in [5.41, 5.74) is 0.864. The summed E-state index contributed by atoms with van der Waals surface area (Å²) >= 11 is 7.70. The van der Waals surface area contributed by atoms with Crippen LogP contribution in [0.15, 0.2) is 29.5 Å². The number of carbonyl (C=O) groups excluding carboxylic acids is 1. The lowest BCUT2D eigenvalue weighted by Gasteiger charge is -2.23. The van der Waals surface area contributed by atoms with Crippen LogP contribution in [-0.2, 0) is 4.79 Å². The van der Waals surface area contributed by atoms with Crippen molar-refractivity contribution in [2.75, 3.05) is 18.0 Å². The zero-order valence-electron chi connectivity index (χ0n) is 15.8. The standard InChI is InChI=1S/C18H23ClN6OS/c1-5-25(17(26)11(2)9-22-13(4)23-12(3)20)18-15(19)24-16(27-18)14-7-6-8-21-10-14/h6-8,10-11H,5,9H2,1-4H3,(H2,20,22,23). The van der Waals surface area contributed by atoms with Crippen LogP contribution in [0.5, 0.6) is 0 Å². The highest BCUT2D eigenvalue weighted by atomic mass is 35.5. The number of aliphatic imine (C=N–C) groups is 1. The molecule has 0 aliphatic heterocycles. The van der Waals surface area contributed by atoms with E-state index in [2.05, 4.69) is 20.3 Å². The van der Waals surface area contributed by atoms with Gasteiger partial charge < -0.3 is 10.2 Å². The minimum Gasteiger partial charge on any atom is -0.373 e. The molecule has 0 radical (unpaired) electrons. The number of amides is 1. The molecule has 0 spiro atoms. The van der Waals surface area contributed by atoms with Crippen LogP contribution >= 0.6 is 22.9 Å². The number of aromatic nitrogens is 2. The highest BCUT2D eigenvalue weighted by molar-refractivity contribution is 7.19. The summed E-state index contributed by atoms with van der Waals surface area (Å²) in [4.78, 5) is 27.1. The van der Waals surface area contributed by atoms with Crippen LogP contribution in [0.1, 0.15) is 27.7 Å². The van der Waals surface area contributed by atoms with Crippen LogP contribution in [0.25, 0.3) is 10.6 Å². The molecule has 1 amide bonds. The molecule has 2 heterocycles. The van der Waals surface area contributed by atoms with Crippen molar-refractivity contribution >= 4 is 45.5 Å². The Hall–Kier alpha value is -2.32. The van der Waals surface area contributed by atoms with Crippen molar-refractivity contribution in [3.63, 3.8) is 0 Å². The summed E-state index contributed by atoms with van der Waals surface area (Å²) in [5.74, 6) is 0.488. The van der Waals surface area contributed by atoms with Gasteiger partial charge in [-0.05, 0) is 32.9 Å². The molecule has 2 rings (SSSR count). The maximum Gasteiger partial charge on any atom is 0.232 e. The molecule has 0 fully saturated rings. The summed E-state index contributed by atoms with van der Waals surface area (Å²) in [7, 11) is 0. The van der Waals surface area contributed by atoms with Crippen molar-refractivity contribution in [1.82, 2.24) is 15.3 Å². The Morgan fingerprint density at radius 3 is 2.81 bits per heavy atom. The molecule has 0 aliphatic rings. The highest BCUT2D eigenvalue weighted by Crippen LogP contribution is 2.37. The van der Waals surface area contributed by atoms with Crippen molar-refractivity contribution < 1.29 is 4.79 Å². The highest BCUT2D eigenvalue weighted by Gasteiger charge is 2.25. The van der Waals surface area contributed by atoms with Gasteiger partial charge in [0.2, 0.25) is 5.91 Å². The quantitative estimate of drug-likeness (QED) is 0.562. The molecule has 9 heteroatoms. The zero-order chi connectivity index (χ0) is 20.0. The van der Waals surface area contributed by atoms with Gasteiger partial charge in [-0.3, -0.25) is 15.2 Å². The normalized spacial score (nSPS) is 12.6. The maximum absolute atomic E-state index is 12.9. The average molecular weight is 407 g/mol. The number of halogens is 1. The molecule has 0 aliphatic carbocycles. The Balaban J connectivity index is 2.15. The predicted molar refractivity (Wildman–Crippen MR) is 112 cm³/mol. The Kier molecular flexibility index (Phi) is 7.44. The Morgan fingerprint density at radius 2 is 2.22 bits per heavy atom. The summed E-state index contributed by atoms with van der Waals surface area (Å²) in [6.07, 6.45) is 3.42. The first-order valence-electron chi connectivity index (χ1n) is 8.55. The van der Waals surface area contributed by atoms with Gasteiger partial charge in [-0.1, -0.05) is 29.9 Å². The molecule has 0 saturated carbocycles. The molecule has 0 aromatic carbocycles. The minimum atomic E-state index is -0.291. The Morgan fingerprint density at radius 1 is 1.48 bits per heavy atom. The molecular weight excluding hydrogens is 384 g/mol. The van der Waals surface area contributed by atoms with Crippen LogP contribution < -0.4 is 10.2 Å². The third-order valence-corrected chi connectivity index (χ3v) is 5.23. The third kappa shape index (κ3) is 5.58. The molecular formula is C18H23ClN6OS. The second-order valence-electron chi connectivity index (χ2n) is 6.00. The lowest BCUT2D eigenvalue weighted by Crippen LogP contribution is -2.40. The van der Waals surface area contributed by atoms with Gasteiger partial charge >= 0.3 is 0 Å². The van der Waals surface area contributed by atoms with E-state index in [0.29, 0.717) is 29.1 Å². The van der Waals surface area contributed by atoms with Gasteiger partial charge in [0, 0.05) is 31.0 Å². The number of pyridine rings is 1. The number of amidine groups is 2. The molecule has 144 valence electrons. The van der Waals surface area contributed by atoms with Gasteiger partial charge in [0.25, 0.3) is 0 Å². The van der Waals surface area contributed by atoms with Crippen molar-refractivity contribution in [2.45, 2.75) is 27.7 Å². The van der Waals surface area contributed by atoms with Gasteiger partial charge in [-0.25, -0.2) is 9.98 Å². The minimum absolute atomic E-state index is 0.0485. The molecule has 1 unspecified atom stereocenters. The van der Waals surface area contributed by atoms with Gasteiger partial charge in [-0.15, -0.1) is 0 Å². The lowest BCUT2D eigenvalue weighted by molar-refractivity contribution is -0.121. The summed E-state index contributed by atoms with van der Waals surface area (Å²) < 4.78 is 0. The van der Waals surface area contributed by atoms with Crippen LogP contribution in [0.2, 0.25) is 5.15 Å². The Labute approximate surface area is 168 Å². The SMILES string of the molecule is CCN(C(=O)C(C)CN/C(C)=N\C(C)=N)c1sc(-c2cccnc2)nc1Cl. The number of anilines is 1. The second kappa shape index (κ2) is 9.57. The monoisotopic (exact) mass is 406 g/mol. The summed E-state index contributed by atoms with van der Waals surface area (Å²) in [6.45, 7) is 8.04. The average Bonchev–Trinajstić information content (AvgIpc) is 3.02. The first kappa shape index (κ1) is 21.0. The first-order chi connectivity index (χ1) is 12.8. The number of nitrogens with one attached hydrogen (secondary N) is 2. The van der Waals surface area contributed by atoms with E-state index in [4.69, 9.17) is 17.0 Å². The molecule has 2 aromatic rings. The molecule has 27 heavy (non-hydrogen) atoms. The van der Waals surface area contributed by atoms with Crippen LogP contribution in [0, 0.1) is 11.3 Å². The fourth-order valence-electron chi connectivity index (χ4n) is 2.42. The van der Waals surface area contributed by atoms with E-state index in [-0.39, 0.29) is 17.7 Å². The van der Waals surface area contributed by atoms with Gasteiger partial charge in [0.05, 0.1) is 5.92 Å². The van der Waals surface area contributed by atoms with Crippen LogP contribution in [0.3, 0.4) is 0 Å². The fraction of sp³-hybridized carbons (Fsp3) is 0.389. The number of carbonyl (C=O) groups is 1.